The Kier molecular flexibility index (Phi) is 4.87. The average molecular weight is 274 g/mol. The molecule has 0 spiro atoms. The maximum atomic E-state index is 13.7. The van der Waals surface area contributed by atoms with Crippen molar-refractivity contribution in [1.29, 1.82) is 0 Å². The number of hydrogen-bond acceptors (Lipinski definition) is 5. The molecule has 2 atom stereocenters. The summed E-state index contributed by atoms with van der Waals surface area (Å²) < 4.78 is 31.0. The number of benzene rings is 1. The monoisotopic (exact) mass is 274 g/mol. The molecule has 1 rings (SSSR count). The van der Waals surface area contributed by atoms with Crippen LogP contribution in [0.5, 0.6) is 0 Å². The van der Waals surface area contributed by atoms with E-state index in [2.05, 4.69) is 4.74 Å². The van der Waals surface area contributed by atoms with Crippen LogP contribution in [0.3, 0.4) is 0 Å². The van der Waals surface area contributed by atoms with Crippen molar-refractivity contribution in [2.24, 2.45) is 5.73 Å². The van der Waals surface area contributed by atoms with E-state index in [-0.39, 0.29) is 12.2 Å². The van der Waals surface area contributed by atoms with Gasteiger partial charge < -0.3 is 10.5 Å². The molecule has 0 bridgehead atoms. The van der Waals surface area contributed by atoms with Crippen LogP contribution >= 0.6 is 0 Å². The zero-order valence-corrected chi connectivity index (χ0v) is 10.0. The number of nitro benzene ring substituents is 1. The second kappa shape index (κ2) is 6.19. The van der Waals surface area contributed by atoms with E-state index in [0.717, 1.165) is 12.1 Å². The highest BCUT2D eigenvalue weighted by Gasteiger charge is 2.32. The summed E-state index contributed by atoms with van der Waals surface area (Å²) in [5.41, 5.74) is 4.50. The molecular weight excluding hydrogens is 262 g/mol. The number of halogens is 2. The SMILES string of the molecule is CCOC(=O)C(F)[C@@H](N)c1ccc(F)cc1[N+](=O)[O-]. The van der Waals surface area contributed by atoms with Crippen molar-refractivity contribution in [2.45, 2.75) is 19.1 Å². The number of nitrogens with zero attached hydrogens (tertiary/aromatic N) is 1. The van der Waals surface area contributed by atoms with Gasteiger partial charge in [0.25, 0.3) is 5.69 Å². The Morgan fingerprint density at radius 1 is 1.58 bits per heavy atom. The number of hydrogen-bond donors (Lipinski definition) is 1. The summed E-state index contributed by atoms with van der Waals surface area (Å²) in [6, 6.07) is 0.900. The summed E-state index contributed by atoms with van der Waals surface area (Å²) in [7, 11) is 0. The Bertz CT molecular complexity index is 496. The molecule has 2 N–H and O–H groups in total. The lowest BCUT2D eigenvalue weighted by atomic mass is 10.0. The maximum Gasteiger partial charge on any atom is 0.342 e. The van der Waals surface area contributed by atoms with Crippen molar-refractivity contribution in [3.63, 3.8) is 0 Å². The standard InChI is InChI=1S/C11H12F2N2O4/c1-2-19-11(16)9(13)10(14)7-4-3-6(12)5-8(7)15(17)18/h3-5,9-10H,2,14H2,1H3/t9?,10-/m0/s1. The Morgan fingerprint density at radius 2 is 2.21 bits per heavy atom. The van der Waals surface area contributed by atoms with Crippen LogP contribution in [-0.4, -0.2) is 23.7 Å². The third kappa shape index (κ3) is 3.44. The third-order valence-corrected chi connectivity index (χ3v) is 2.38. The van der Waals surface area contributed by atoms with Gasteiger partial charge in [-0.3, -0.25) is 10.1 Å². The summed E-state index contributed by atoms with van der Waals surface area (Å²) in [5.74, 6) is -2.07. The molecule has 1 aromatic carbocycles. The van der Waals surface area contributed by atoms with E-state index in [1.54, 1.807) is 0 Å². The van der Waals surface area contributed by atoms with E-state index < -0.39 is 34.6 Å². The van der Waals surface area contributed by atoms with Crippen LogP contribution in [0.4, 0.5) is 14.5 Å². The molecule has 104 valence electrons. The van der Waals surface area contributed by atoms with Gasteiger partial charge in [-0.25, -0.2) is 13.6 Å². The van der Waals surface area contributed by atoms with Crippen LogP contribution in [0.15, 0.2) is 18.2 Å². The van der Waals surface area contributed by atoms with Crippen molar-refractivity contribution in [2.75, 3.05) is 6.61 Å². The molecule has 0 heterocycles. The van der Waals surface area contributed by atoms with Crippen LogP contribution in [-0.2, 0) is 9.53 Å². The number of alkyl halides is 1. The Hall–Kier alpha value is -2.09. The molecule has 0 aliphatic carbocycles. The highest BCUT2D eigenvalue weighted by atomic mass is 19.1. The molecular formula is C11H12F2N2O4. The maximum absolute atomic E-state index is 13.7. The van der Waals surface area contributed by atoms with E-state index in [4.69, 9.17) is 5.73 Å². The molecule has 0 aliphatic rings. The number of nitro groups is 1. The van der Waals surface area contributed by atoms with Crippen molar-refractivity contribution in [1.82, 2.24) is 0 Å². The fourth-order valence-corrected chi connectivity index (χ4v) is 1.48. The van der Waals surface area contributed by atoms with Gasteiger partial charge >= 0.3 is 5.97 Å². The van der Waals surface area contributed by atoms with Crippen LogP contribution in [0.2, 0.25) is 0 Å². The van der Waals surface area contributed by atoms with Gasteiger partial charge in [0.1, 0.15) is 5.82 Å². The van der Waals surface area contributed by atoms with Crippen LogP contribution < -0.4 is 5.73 Å². The first-order chi connectivity index (χ1) is 8.88. The second-order valence-corrected chi connectivity index (χ2v) is 3.64. The van der Waals surface area contributed by atoms with Crippen LogP contribution in [0.25, 0.3) is 0 Å². The van der Waals surface area contributed by atoms with Gasteiger partial charge in [-0.05, 0) is 19.1 Å². The molecule has 1 unspecified atom stereocenters. The second-order valence-electron chi connectivity index (χ2n) is 3.64. The summed E-state index contributed by atoms with van der Waals surface area (Å²) in [6.45, 7) is 1.44. The minimum Gasteiger partial charge on any atom is -0.464 e. The number of carbonyl (C=O) groups excluding carboxylic acids is 1. The van der Waals surface area contributed by atoms with Crippen molar-refractivity contribution in [3.8, 4) is 0 Å². The van der Waals surface area contributed by atoms with Crippen molar-refractivity contribution >= 4 is 11.7 Å². The molecule has 0 fully saturated rings. The van der Waals surface area contributed by atoms with E-state index in [1.165, 1.54) is 6.92 Å². The molecule has 0 radical (unpaired) electrons. The topological polar surface area (TPSA) is 95.5 Å². The van der Waals surface area contributed by atoms with Crippen LogP contribution in [0.1, 0.15) is 18.5 Å². The highest BCUT2D eigenvalue weighted by molar-refractivity contribution is 5.76. The van der Waals surface area contributed by atoms with Gasteiger partial charge in [-0.2, -0.15) is 0 Å². The lowest BCUT2D eigenvalue weighted by Crippen LogP contribution is -2.32. The summed E-state index contributed by atoms with van der Waals surface area (Å²) in [6.07, 6.45) is -2.26. The molecule has 0 amide bonds. The van der Waals surface area contributed by atoms with E-state index >= 15 is 0 Å². The third-order valence-electron chi connectivity index (χ3n) is 2.38. The summed E-state index contributed by atoms with van der Waals surface area (Å²) in [5, 5.41) is 10.7. The van der Waals surface area contributed by atoms with Gasteiger partial charge in [0, 0.05) is 0 Å². The molecule has 0 saturated heterocycles. The Balaban J connectivity index is 3.08. The predicted molar refractivity (Wildman–Crippen MR) is 61.5 cm³/mol. The van der Waals surface area contributed by atoms with Gasteiger partial charge in [0.05, 0.1) is 29.2 Å². The molecule has 6 nitrogen and oxygen atoms in total. The smallest absolute Gasteiger partial charge is 0.342 e. The number of esters is 1. The lowest BCUT2D eigenvalue weighted by molar-refractivity contribution is -0.386. The largest absolute Gasteiger partial charge is 0.464 e. The Morgan fingerprint density at radius 3 is 2.74 bits per heavy atom. The van der Waals surface area contributed by atoms with Crippen molar-refractivity contribution in [3.05, 3.63) is 39.7 Å². The number of nitrogens with two attached hydrogens (primary N) is 1. The fourth-order valence-electron chi connectivity index (χ4n) is 1.48. The Labute approximate surface area is 107 Å². The van der Waals surface area contributed by atoms with E-state index in [0.29, 0.717) is 6.07 Å². The fraction of sp³-hybridized carbons (Fsp3) is 0.364. The molecule has 0 aromatic heterocycles. The molecule has 19 heavy (non-hydrogen) atoms. The zero-order valence-electron chi connectivity index (χ0n) is 10.0. The van der Waals surface area contributed by atoms with Gasteiger partial charge in [-0.1, -0.05) is 0 Å². The number of ether oxygens (including phenoxy) is 1. The predicted octanol–water partition coefficient (Wildman–Crippen LogP) is 1.63. The van der Waals surface area contributed by atoms with Gasteiger partial charge in [-0.15, -0.1) is 0 Å². The summed E-state index contributed by atoms with van der Waals surface area (Å²) in [4.78, 5) is 21.0. The molecule has 0 saturated carbocycles. The number of carbonyl (C=O) groups is 1. The average Bonchev–Trinajstić information content (AvgIpc) is 2.37. The minimum atomic E-state index is -2.26. The van der Waals surface area contributed by atoms with Crippen LogP contribution in [0, 0.1) is 15.9 Å². The molecule has 8 heteroatoms. The van der Waals surface area contributed by atoms with Gasteiger partial charge in [0.2, 0.25) is 6.17 Å². The lowest BCUT2D eigenvalue weighted by Gasteiger charge is -2.15. The first-order valence-electron chi connectivity index (χ1n) is 5.38. The quantitative estimate of drug-likeness (QED) is 0.500. The van der Waals surface area contributed by atoms with Gasteiger partial charge in [0.15, 0.2) is 0 Å². The first-order valence-corrected chi connectivity index (χ1v) is 5.38. The summed E-state index contributed by atoms with van der Waals surface area (Å²) >= 11 is 0. The molecule has 0 aliphatic heterocycles. The normalized spacial score (nSPS) is 13.7. The zero-order chi connectivity index (χ0) is 14.6. The van der Waals surface area contributed by atoms with E-state index in [9.17, 15) is 23.7 Å². The van der Waals surface area contributed by atoms with Crippen molar-refractivity contribution < 1.29 is 23.2 Å². The highest BCUT2D eigenvalue weighted by Crippen LogP contribution is 2.28. The van der Waals surface area contributed by atoms with E-state index in [1.807, 2.05) is 0 Å². The first kappa shape index (κ1) is 15.0. The minimum absolute atomic E-state index is 0.0442. The number of rotatable bonds is 5. The molecule has 1 aromatic rings.